The molecule has 0 aliphatic heterocycles. The van der Waals surface area contributed by atoms with Gasteiger partial charge in [-0.3, -0.25) is 9.36 Å². The number of nitrogens with one attached hydrogen (secondary N) is 1. The van der Waals surface area contributed by atoms with Gasteiger partial charge in [0.15, 0.2) is 0 Å². The van der Waals surface area contributed by atoms with E-state index in [2.05, 4.69) is 26.2 Å². The van der Waals surface area contributed by atoms with Crippen LogP contribution in [0.3, 0.4) is 0 Å². The molecule has 192 valence electrons. The van der Waals surface area contributed by atoms with Crippen LogP contribution >= 0.6 is 15.9 Å². The Kier molecular flexibility index (Phi) is 7.18. The lowest BCUT2D eigenvalue weighted by Crippen LogP contribution is -2.28. The molecule has 0 radical (unpaired) electrons. The molecule has 4 aromatic rings. The molecule has 0 bridgehead atoms. The van der Waals surface area contributed by atoms with Crippen LogP contribution in [0.25, 0.3) is 16.8 Å². The van der Waals surface area contributed by atoms with Crippen LogP contribution in [0.5, 0.6) is 0 Å². The van der Waals surface area contributed by atoms with E-state index in [0.29, 0.717) is 17.8 Å². The number of carbonyl (C=O) groups is 1. The lowest BCUT2D eigenvalue weighted by molar-refractivity contribution is -0.143. The second-order valence-corrected chi connectivity index (χ2v) is 9.15. The van der Waals surface area contributed by atoms with Gasteiger partial charge in [-0.1, -0.05) is 40.2 Å². The molecule has 4 nitrogen and oxygen atoms in total. The normalized spacial score (nSPS) is 12.9. The molecule has 1 amide bonds. The summed E-state index contributed by atoms with van der Waals surface area (Å²) in [6.45, 7) is 1.82. The van der Waals surface area contributed by atoms with Crippen LogP contribution < -0.4 is 5.32 Å². The number of alkyl halides is 6. The number of imidazole rings is 1. The lowest BCUT2D eigenvalue weighted by Gasteiger charge is -2.16. The molecule has 0 spiro atoms. The fourth-order valence-electron chi connectivity index (χ4n) is 3.71. The topological polar surface area (TPSA) is 46.9 Å². The molecule has 0 aliphatic carbocycles. The van der Waals surface area contributed by atoms with E-state index in [1.807, 2.05) is 31.2 Å². The highest BCUT2D eigenvalue weighted by molar-refractivity contribution is 9.10. The monoisotopic (exact) mass is 581 g/mol. The highest BCUT2D eigenvalue weighted by Crippen LogP contribution is 2.38. The highest BCUT2D eigenvalue weighted by Gasteiger charge is 2.37. The van der Waals surface area contributed by atoms with Crippen molar-refractivity contribution in [1.82, 2.24) is 14.9 Å². The summed E-state index contributed by atoms with van der Waals surface area (Å²) in [5.41, 5.74) is -1.34. The van der Waals surface area contributed by atoms with Gasteiger partial charge in [0.25, 0.3) is 5.91 Å². The summed E-state index contributed by atoms with van der Waals surface area (Å²) < 4.78 is 81.7. The standard InChI is InChI=1S/C26H18BrF6N3O/c1-15(16-2-6-21(27)7-3-16)35-24(37)23-13-34-14-36(23)22-8-4-17(5-9-22)18-10-19(25(28,29)30)12-20(11-18)26(31,32)33/h2-15H,1H3,(H,35,37)/t15-/m1/s1. The van der Waals surface area contributed by atoms with Crippen LogP contribution in [0.15, 0.2) is 83.7 Å². The van der Waals surface area contributed by atoms with E-state index < -0.39 is 29.4 Å². The fourth-order valence-corrected chi connectivity index (χ4v) is 3.97. The fraction of sp³-hybridized carbons (Fsp3) is 0.154. The average molecular weight is 582 g/mol. The van der Waals surface area contributed by atoms with E-state index in [0.717, 1.165) is 10.0 Å². The molecule has 0 saturated carbocycles. The summed E-state index contributed by atoms with van der Waals surface area (Å²) in [6, 6.07) is 14.3. The SMILES string of the molecule is C[C@@H](NC(=O)c1cncn1-c1ccc(-c2cc(C(F)(F)F)cc(C(F)(F)F)c2)cc1)c1ccc(Br)cc1. The van der Waals surface area contributed by atoms with Gasteiger partial charge >= 0.3 is 12.4 Å². The maximum absolute atomic E-state index is 13.2. The minimum atomic E-state index is -4.94. The van der Waals surface area contributed by atoms with Gasteiger partial charge in [0.1, 0.15) is 5.69 Å². The smallest absolute Gasteiger partial charge is 0.344 e. The van der Waals surface area contributed by atoms with E-state index >= 15 is 0 Å². The maximum atomic E-state index is 13.2. The maximum Gasteiger partial charge on any atom is 0.416 e. The first kappa shape index (κ1) is 26.5. The molecule has 3 aromatic carbocycles. The van der Waals surface area contributed by atoms with Gasteiger partial charge in [-0.05, 0) is 66.1 Å². The molecule has 1 heterocycles. The Balaban J connectivity index is 1.60. The van der Waals surface area contributed by atoms with Gasteiger partial charge < -0.3 is 5.32 Å². The number of rotatable bonds is 5. The highest BCUT2D eigenvalue weighted by atomic mass is 79.9. The number of hydrogen-bond donors (Lipinski definition) is 1. The second-order valence-electron chi connectivity index (χ2n) is 8.24. The summed E-state index contributed by atoms with van der Waals surface area (Å²) in [4.78, 5) is 16.9. The molecule has 11 heteroatoms. The number of halogens is 7. The molecule has 1 N–H and O–H groups in total. The predicted octanol–water partition coefficient (Wildman–Crippen LogP) is 7.83. The van der Waals surface area contributed by atoms with Gasteiger partial charge in [-0.15, -0.1) is 0 Å². The Morgan fingerprint density at radius 2 is 1.43 bits per heavy atom. The van der Waals surface area contributed by atoms with Crippen LogP contribution in [0.2, 0.25) is 0 Å². The number of hydrogen-bond acceptors (Lipinski definition) is 2. The number of carbonyl (C=O) groups excluding carboxylic acids is 1. The third kappa shape index (κ3) is 6.04. The Bertz CT molecular complexity index is 1380. The van der Waals surface area contributed by atoms with Crippen LogP contribution in [0, 0.1) is 0 Å². The molecule has 0 aliphatic rings. The largest absolute Gasteiger partial charge is 0.416 e. The van der Waals surface area contributed by atoms with Crippen LogP contribution in [-0.2, 0) is 12.4 Å². The van der Waals surface area contributed by atoms with E-state index in [-0.39, 0.29) is 28.9 Å². The van der Waals surface area contributed by atoms with Gasteiger partial charge in [0, 0.05) is 10.2 Å². The van der Waals surface area contributed by atoms with Crippen molar-refractivity contribution in [3.8, 4) is 16.8 Å². The van der Waals surface area contributed by atoms with E-state index in [9.17, 15) is 31.1 Å². The minimum Gasteiger partial charge on any atom is -0.344 e. The van der Waals surface area contributed by atoms with Crippen molar-refractivity contribution in [2.75, 3.05) is 0 Å². The average Bonchev–Trinajstić information content (AvgIpc) is 3.33. The summed E-state index contributed by atoms with van der Waals surface area (Å²) in [6.07, 6.45) is -7.13. The molecule has 1 aromatic heterocycles. The summed E-state index contributed by atoms with van der Waals surface area (Å²) in [5.74, 6) is -0.412. The number of amides is 1. The molecule has 37 heavy (non-hydrogen) atoms. The first-order valence-electron chi connectivity index (χ1n) is 10.8. The molecule has 1 atom stereocenters. The first-order chi connectivity index (χ1) is 17.3. The number of nitrogens with zero attached hydrogens (tertiary/aromatic N) is 2. The summed E-state index contributed by atoms with van der Waals surface area (Å²) >= 11 is 3.36. The van der Waals surface area contributed by atoms with E-state index in [1.165, 1.54) is 41.4 Å². The Labute approximate surface area is 216 Å². The third-order valence-electron chi connectivity index (χ3n) is 5.66. The Morgan fingerprint density at radius 3 is 1.97 bits per heavy atom. The van der Waals surface area contributed by atoms with Crippen LogP contribution in [0.4, 0.5) is 26.3 Å². The molecular weight excluding hydrogens is 564 g/mol. The Hall–Kier alpha value is -3.60. The summed E-state index contributed by atoms with van der Waals surface area (Å²) in [5, 5.41) is 2.88. The molecule has 0 saturated heterocycles. The zero-order chi connectivity index (χ0) is 27.0. The van der Waals surface area contributed by atoms with Crippen LogP contribution in [0.1, 0.15) is 40.1 Å². The number of benzene rings is 3. The lowest BCUT2D eigenvalue weighted by atomic mass is 9.99. The number of aromatic nitrogens is 2. The van der Waals surface area contributed by atoms with Crippen molar-refractivity contribution >= 4 is 21.8 Å². The van der Waals surface area contributed by atoms with Crippen molar-refractivity contribution < 1.29 is 31.1 Å². The van der Waals surface area contributed by atoms with Crippen molar-refractivity contribution in [2.45, 2.75) is 25.3 Å². The summed E-state index contributed by atoms with van der Waals surface area (Å²) in [7, 11) is 0. The van der Waals surface area contributed by atoms with E-state index in [4.69, 9.17) is 0 Å². The third-order valence-corrected chi connectivity index (χ3v) is 6.18. The van der Waals surface area contributed by atoms with Crippen molar-refractivity contribution in [3.63, 3.8) is 0 Å². The second kappa shape index (κ2) is 10.0. The molecule has 0 fully saturated rings. The van der Waals surface area contributed by atoms with Crippen molar-refractivity contribution in [3.05, 3.63) is 106 Å². The van der Waals surface area contributed by atoms with Crippen LogP contribution in [-0.4, -0.2) is 15.5 Å². The van der Waals surface area contributed by atoms with Gasteiger partial charge in [0.2, 0.25) is 0 Å². The minimum absolute atomic E-state index is 0.0868. The quantitative estimate of drug-likeness (QED) is 0.244. The Morgan fingerprint density at radius 1 is 0.865 bits per heavy atom. The van der Waals surface area contributed by atoms with Gasteiger partial charge in [-0.25, -0.2) is 4.98 Å². The molecular formula is C26H18BrF6N3O. The van der Waals surface area contributed by atoms with Gasteiger partial charge in [0.05, 0.1) is 29.7 Å². The molecule has 0 unspecified atom stereocenters. The zero-order valence-corrected chi connectivity index (χ0v) is 20.6. The van der Waals surface area contributed by atoms with Crippen molar-refractivity contribution in [1.29, 1.82) is 0 Å². The predicted molar refractivity (Wildman–Crippen MR) is 129 cm³/mol. The van der Waals surface area contributed by atoms with Gasteiger partial charge in [-0.2, -0.15) is 26.3 Å². The molecule has 4 rings (SSSR count). The zero-order valence-electron chi connectivity index (χ0n) is 19.0. The first-order valence-corrected chi connectivity index (χ1v) is 11.6. The van der Waals surface area contributed by atoms with E-state index in [1.54, 1.807) is 0 Å². The van der Waals surface area contributed by atoms with Crippen molar-refractivity contribution in [2.24, 2.45) is 0 Å².